The second-order valence-electron chi connectivity index (χ2n) is 8.39. The number of rotatable bonds is 10. The lowest BCUT2D eigenvalue weighted by atomic mass is 10.2. The molecule has 0 aliphatic rings. The van der Waals surface area contributed by atoms with Gasteiger partial charge in [0.25, 0.3) is 5.91 Å². The van der Waals surface area contributed by atoms with Gasteiger partial charge in [0.1, 0.15) is 16.9 Å². The third-order valence-corrected chi connectivity index (χ3v) is 5.36. The fourth-order valence-corrected chi connectivity index (χ4v) is 3.68. The summed E-state index contributed by atoms with van der Waals surface area (Å²) in [6.07, 6.45) is 2.35. The van der Waals surface area contributed by atoms with E-state index in [1.54, 1.807) is 18.3 Å². The van der Waals surface area contributed by atoms with Crippen LogP contribution in [0.4, 0.5) is 5.82 Å². The number of phenols is 1. The van der Waals surface area contributed by atoms with E-state index in [1.165, 1.54) is 10.7 Å². The highest BCUT2D eigenvalue weighted by molar-refractivity contribution is 6.10. The van der Waals surface area contributed by atoms with Crippen molar-refractivity contribution in [3.8, 4) is 11.5 Å². The van der Waals surface area contributed by atoms with E-state index in [-0.39, 0.29) is 29.1 Å². The Morgan fingerprint density at radius 3 is 2.69 bits per heavy atom. The summed E-state index contributed by atoms with van der Waals surface area (Å²) >= 11 is 0. The Morgan fingerprint density at radius 1 is 1.22 bits per heavy atom. The number of phenolic OH excluding ortho intramolecular Hbond substituents is 1. The van der Waals surface area contributed by atoms with Gasteiger partial charge in [-0.25, -0.2) is 9.97 Å². The Kier molecular flexibility index (Phi) is 7.65. The van der Waals surface area contributed by atoms with Crippen LogP contribution in [0.15, 0.2) is 47.6 Å². The van der Waals surface area contributed by atoms with Gasteiger partial charge in [-0.1, -0.05) is 12.1 Å². The van der Waals surface area contributed by atoms with E-state index >= 15 is 0 Å². The standard InChI is InChI=1S/C26H30N6O4/c1-4-35-21-14-17(10-11-20(21)33)15-29-32-24(27)22(26(34)28-12-7-13-36-16(2)3)23-25(32)31-19-9-6-5-8-18(19)30-23/h5-6,8-11,14-16,33H,4,7,12-13,27H2,1-3H3,(H,28,34). The van der Waals surface area contributed by atoms with Crippen LogP contribution in [-0.4, -0.2) is 57.7 Å². The third-order valence-electron chi connectivity index (χ3n) is 5.36. The monoisotopic (exact) mass is 490 g/mol. The molecule has 10 nitrogen and oxygen atoms in total. The van der Waals surface area contributed by atoms with Crippen molar-refractivity contribution >= 4 is 40.1 Å². The van der Waals surface area contributed by atoms with Gasteiger partial charge in [0, 0.05) is 13.2 Å². The number of carbonyl (C=O) groups is 1. The van der Waals surface area contributed by atoms with Crippen molar-refractivity contribution in [3.63, 3.8) is 0 Å². The predicted molar refractivity (Wildman–Crippen MR) is 140 cm³/mol. The second kappa shape index (κ2) is 11.0. The Balaban J connectivity index is 1.71. The molecule has 4 N–H and O–H groups in total. The van der Waals surface area contributed by atoms with Crippen LogP contribution in [0.1, 0.15) is 43.1 Å². The van der Waals surface area contributed by atoms with Crippen LogP contribution in [0.5, 0.6) is 11.5 Å². The molecule has 0 saturated heterocycles. The number of carbonyl (C=O) groups excluding carboxylic acids is 1. The van der Waals surface area contributed by atoms with E-state index in [4.69, 9.17) is 15.2 Å². The molecular formula is C26H30N6O4. The predicted octanol–water partition coefficient (Wildman–Crippen LogP) is 3.70. The lowest BCUT2D eigenvalue weighted by molar-refractivity contribution is 0.0757. The number of hydrogen-bond donors (Lipinski definition) is 3. The van der Waals surface area contributed by atoms with Crippen LogP contribution in [0.25, 0.3) is 22.2 Å². The molecule has 2 aromatic heterocycles. The minimum Gasteiger partial charge on any atom is -0.504 e. The number of anilines is 1. The highest BCUT2D eigenvalue weighted by Gasteiger charge is 2.24. The maximum Gasteiger partial charge on any atom is 0.257 e. The molecule has 4 rings (SSSR count). The van der Waals surface area contributed by atoms with Gasteiger partial charge >= 0.3 is 0 Å². The fraction of sp³-hybridized carbons (Fsp3) is 0.308. The van der Waals surface area contributed by atoms with Gasteiger partial charge in [-0.2, -0.15) is 9.78 Å². The Morgan fingerprint density at radius 2 is 1.97 bits per heavy atom. The van der Waals surface area contributed by atoms with Crippen molar-refractivity contribution in [2.75, 3.05) is 25.5 Å². The summed E-state index contributed by atoms with van der Waals surface area (Å²) in [6.45, 7) is 7.14. The molecule has 0 atom stereocenters. The van der Waals surface area contributed by atoms with Crippen molar-refractivity contribution < 1.29 is 19.4 Å². The molecule has 0 aliphatic heterocycles. The normalized spacial score (nSPS) is 11.7. The first kappa shape index (κ1) is 24.9. The first-order chi connectivity index (χ1) is 17.4. The van der Waals surface area contributed by atoms with Gasteiger partial charge in [-0.05, 0) is 63.1 Å². The zero-order valence-corrected chi connectivity index (χ0v) is 20.6. The number of fused-ring (bicyclic) bond motifs is 2. The Labute approximate surface area is 208 Å². The van der Waals surface area contributed by atoms with Crippen LogP contribution in [0.3, 0.4) is 0 Å². The molecule has 0 saturated carbocycles. The van der Waals surface area contributed by atoms with Crippen LogP contribution >= 0.6 is 0 Å². The van der Waals surface area contributed by atoms with Crippen LogP contribution in [0.2, 0.25) is 0 Å². The first-order valence-corrected chi connectivity index (χ1v) is 11.9. The van der Waals surface area contributed by atoms with Crippen molar-refractivity contribution in [2.45, 2.75) is 33.3 Å². The summed E-state index contributed by atoms with van der Waals surface area (Å²) in [5.41, 5.74) is 9.34. The fourth-order valence-electron chi connectivity index (χ4n) is 3.68. The van der Waals surface area contributed by atoms with Crippen molar-refractivity contribution in [1.29, 1.82) is 0 Å². The summed E-state index contributed by atoms with van der Waals surface area (Å²) in [5.74, 6) is 0.147. The van der Waals surface area contributed by atoms with Gasteiger partial charge in [0.2, 0.25) is 0 Å². The quantitative estimate of drug-likeness (QED) is 0.228. The van der Waals surface area contributed by atoms with Gasteiger partial charge in [0.15, 0.2) is 17.1 Å². The topological polar surface area (TPSA) is 137 Å². The van der Waals surface area contributed by atoms with E-state index in [9.17, 15) is 9.90 Å². The molecular weight excluding hydrogens is 460 g/mol. The van der Waals surface area contributed by atoms with Gasteiger partial charge < -0.3 is 25.6 Å². The molecule has 0 bridgehead atoms. The molecule has 36 heavy (non-hydrogen) atoms. The number of hydrogen-bond acceptors (Lipinski definition) is 8. The summed E-state index contributed by atoms with van der Waals surface area (Å²) < 4.78 is 12.4. The summed E-state index contributed by atoms with van der Waals surface area (Å²) in [5, 5.41) is 17.4. The van der Waals surface area contributed by atoms with Gasteiger partial charge in [-0.15, -0.1) is 0 Å². The maximum absolute atomic E-state index is 13.1. The summed E-state index contributed by atoms with van der Waals surface area (Å²) in [7, 11) is 0. The number of amides is 1. The van der Waals surface area contributed by atoms with E-state index in [0.717, 1.165) is 0 Å². The molecule has 0 unspecified atom stereocenters. The molecule has 10 heteroatoms. The maximum atomic E-state index is 13.1. The Bertz CT molecular complexity index is 1410. The molecule has 1 amide bonds. The lowest BCUT2D eigenvalue weighted by Gasteiger charge is -2.08. The number of nitrogens with one attached hydrogen (secondary N) is 1. The molecule has 0 radical (unpaired) electrons. The number of aromatic nitrogens is 3. The largest absolute Gasteiger partial charge is 0.504 e. The van der Waals surface area contributed by atoms with Crippen molar-refractivity contribution in [1.82, 2.24) is 20.0 Å². The first-order valence-electron chi connectivity index (χ1n) is 11.9. The van der Waals surface area contributed by atoms with E-state index < -0.39 is 0 Å². The number of benzene rings is 2. The molecule has 0 fully saturated rings. The zero-order valence-electron chi connectivity index (χ0n) is 20.6. The van der Waals surface area contributed by atoms with Gasteiger partial charge in [0.05, 0.1) is 30.0 Å². The minimum absolute atomic E-state index is 0.0371. The molecule has 188 valence electrons. The minimum atomic E-state index is -0.358. The van der Waals surface area contributed by atoms with Crippen LogP contribution in [-0.2, 0) is 4.74 Å². The molecule has 0 spiro atoms. The number of aromatic hydroxyl groups is 1. The average Bonchev–Trinajstić information content (AvgIpc) is 3.12. The van der Waals surface area contributed by atoms with Crippen molar-refractivity contribution in [2.24, 2.45) is 5.10 Å². The summed E-state index contributed by atoms with van der Waals surface area (Å²) in [4.78, 5) is 22.5. The van der Waals surface area contributed by atoms with Gasteiger partial charge in [-0.3, -0.25) is 4.79 Å². The van der Waals surface area contributed by atoms with E-state index in [2.05, 4.69) is 20.4 Å². The number of nitrogens with two attached hydrogens (primary N) is 1. The molecule has 2 aromatic carbocycles. The highest BCUT2D eigenvalue weighted by atomic mass is 16.5. The van der Waals surface area contributed by atoms with Crippen molar-refractivity contribution in [3.05, 3.63) is 53.6 Å². The number of ether oxygens (including phenoxy) is 2. The number of para-hydroxylation sites is 2. The SMILES string of the molecule is CCOc1cc(C=Nn2c(N)c(C(=O)NCCCOC(C)C)c3nc4ccccc4nc32)ccc1O. The van der Waals surface area contributed by atoms with Crippen LogP contribution in [0, 0.1) is 0 Å². The number of nitrogens with zero attached hydrogens (tertiary/aromatic N) is 4. The zero-order chi connectivity index (χ0) is 25.7. The molecule has 2 heterocycles. The highest BCUT2D eigenvalue weighted by Crippen LogP contribution is 2.29. The molecule has 0 aliphatic carbocycles. The third kappa shape index (κ3) is 5.38. The smallest absolute Gasteiger partial charge is 0.257 e. The summed E-state index contributed by atoms with van der Waals surface area (Å²) in [6, 6.07) is 12.3. The number of nitrogen functional groups attached to an aromatic ring is 1. The van der Waals surface area contributed by atoms with E-state index in [1.807, 2.05) is 45.0 Å². The molecule has 4 aromatic rings. The average molecular weight is 491 g/mol. The van der Waals surface area contributed by atoms with E-state index in [0.29, 0.717) is 59.7 Å². The Hall–Kier alpha value is -4.18. The van der Waals surface area contributed by atoms with Crippen LogP contribution < -0.4 is 15.8 Å². The lowest BCUT2D eigenvalue weighted by Crippen LogP contribution is -2.26. The second-order valence-corrected chi connectivity index (χ2v) is 8.39.